The van der Waals surface area contributed by atoms with Crippen molar-refractivity contribution >= 4 is 24.2 Å². The van der Waals surface area contributed by atoms with E-state index in [1.165, 1.54) is 83.3 Å². The largest absolute Gasteiger partial charge is 0.496 e. The average Bonchev–Trinajstić information content (AvgIpc) is 3.24. The molecule has 1 saturated heterocycles. The third kappa shape index (κ3) is 17.0. The lowest BCUT2D eigenvalue weighted by molar-refractivity contribution is -0.701. The van der Waals surface area contributed by atoms with Gasteiger partial charge in [0.2, 0.25) is 5.69 Å². The van der Waals surface area contributed by atoms with Crippen LogP contribution in [-0.4, -0.2) is 85.8 Å². The van der Waals surface area contributed by atoms with Gasteiger partial charge in [0.15, 0.2) is 12.4 Å². The number of methoxy groups -OCH3 is 2. The highest BCUT2D eigenvalue weighted by atomic mass is 16.6. The molecule has 1 aliphatic rings. The van der Waals surface area contributed by atoms with Gasteiger partial charge in [0, 0.05) is 31.8 Å². The van der Waals surface area contributed by atoms with Crippen molar-refractivity contribution in [3.05, 3.63) is 59.9 Å². The lowest BCUT2D eigenvalue weighted by atomic mass is 10.0. The fourth-order valence-electron chi connectivity index (χ4n) is 7.58. The third-order valence-corrected chi connectivity index (χ3v) is 10.9. The van der Waals surface area contributed by atoms with E-state index in [1.54, 1.807) is 31.2 Å². The number of pyridine rings is 1. The summed E-state index contributed by atoms with van der Waals surface area (Å²) in [5.74, 6) is -0.279. The number of hydrogen-bond acceptors (Lipinski definition) is 9. The number of ether oxygens (including phenoxy) is 5. The zero-order valence-corrected chi connectivity index (χ0v) is 36.8. The summed E-state index contributed by atoms with van der Waals surface area (Å²) in [5, 5.41) is 3.07. The molecule has 1 aliphatic heterocycles. The Labute approximate surface area is 353 Å². The number of imide groups is 1. The van der Waals surface area contributed by atoms with Crippen molar-refractivity contribution in [1.82, 2.24) is 15.1 Å². The Bertz CT molecular complexity index is 1540. The summed E-state index contributed by atoms with van der Waals surface area (Å²) in [6, 6.07) is 12.2. The minimum Gasteiger partial charge on any atom is -0.496 e. The van der Waals surface area contributed by atoms with Crippen LogP contribution in [0.4, 0.5) is 14.4 Å². The molecule has 59 heavy (non-hydrogen) atoms. The van der Waals surface area contributed by atoms with Gasteiger partial charge < -0.3 is 29.0 Å². The number of rotatable bonds is 26. The SMILES string of the molecule is CCCCCCCCCCCCCCC(CCC)NC(=O)OC1CCCN(C(=O)O[C@H](C)COC(=O)N(Cc2cccc[n+]2CC)C(=O)c2ccccc2OC)C1OC. The molecule has 3 unspecified atom stereocenters. The minimum atomic E-state index is -0.900. The van der Waals surface area contributed by atoms with Crippen molar-refractivity contribution in [3.63, 3.8) is 0 Å². The van der Waals surface area contributed by atoms with E-state index in [9.17, 15) is 19.2 Å². The van der Waals surface area contributed by atoms with Gasteiger partial charge in [-0.15, -0.1) is 0 Å². The van der Waals surface area contributed by atoms with Crippen molar-refractivity contribution in [2.75, 3.05) is 27.4 Å². The topological polar surface area (TPSA) is 137 Å². The number of unbranched alkanes of at least 4 members (excludes halogenated alkanes) is 11. The summed E-state index contributed by atoms with van der Waals surface area (Å²) < 4.78 is 30.2. The summed E-state index contributed by atoms with van der Waals surface area (Å²) >= 11 is 0. The van der Waals surface area contributed by atoms with Crippen LogP contribution in [0.3, 0.4) is 0 Å². The molecule has 13 heteroatoms. The van der Waals surface area contributed by atoms with E-state index in [4.69, 9.17) is 23.7 Å². The highest BCUT2D eigenvalue weighted by Gasteiger charge is 2.39. The van der Waals surface area contributed by atoms with Crippen molar-refractivity contribution in [2.45, 2.75) is 174 Å². The van der Waals surface area contributed by atoms with Crippen LogP contribution in [0, 0.1) is 0 Å². The molecule has 0 saturated carbocycles. The maximum atomic E-state index is 13.8. The zero-order valence-electron chi connectivity index (χ0n) is 36.8. The van der Waals surface area contributed by atoms with E-state index in [2.05, 4.69) is 19.2 Å². The van der Waals surface area contributed by atoms with E-state index in [-0.39, 0.29) is 24.8 Å². The fourth-order valence-corrected chi connectivity index (χ4v) is 7.58. The number of benzene rings is 1. The molecule has 1 fully saturated rings. The molecule has 0 bridgehead atoms. The molecule has 1 aromatic carbocycles. The second-order valence-corrected chi connectivity index (χ2v) is 15.6. The van der Waals surface area contributed by atoms with E-state index < -0.39 is 42.6 Å². The number of amides is 4. The zero-order chi connectivity index (χ0) is 42.8. The van der Waals surface area contributed by atoms with Crippen molar-refractivity contribution < 1.29 is 47.4 Å². The van der Waals surface area contributed by atoms with Gasteiger partial charge in [0.05, 0.1) is 12.7 Å². The third-order valence-electron chi connectivity index (χ3n) is 10.9. The Morgan fingerprint density at radius 1 is 0.847 bits per heavy atom. The number of hydrogen-bond donors (Lipinski definition) is 1. The lowest BCUT2D eigenvalue weighted by Crippen LogP contribution is -2.54. The standard InChI is InChI=1S/C46H72N4O9/c1-7-10-11-12-13-14-15-16-17-18-19-20-27-37(26-8-2)47-44(52)59-41-31-25-33-49(43(41)56-6)46(54)58-36(4)35-57-45(53)50(34-38-28-23-24-32-48(38)9-3)42(51)39-29-21-22-30-40(39)55-5/h21-24,28-30,32,36-37,41,43H,7-20,25-27,31,33-35H2,1-6H3/p+1/t36-,37?,41?,43?/m1/s1. The Hall–Kier alpha value is -4.39. The molecule has 0 spiro atoms. The van der Waals surface area contributed by atoms with Crippen LogP contribution in [0.25, 0.3) is 0 Å². The predicted octanol–water partition coefficient (Wildman–Crippen LogP) is 9.73. The second-order valence-electron chi connectivity index (χ2n) is 15.6. The van der Waals surface area contributed by atoms with Crippen molar-refractivity contribution in [2.24, 2.45) is 0 Å². The molecule has 330 valence electrons. The number of aryl methyl sites for hydroxylation is 1. The number of carbonyl (C=O) groups is 4. The summed E-state index contributed by atoms with van der Waals surface area (Å²) in [6.45, 7) is 8.52. The van der Waals surface area contributed by atoms with Gasteiger partial charge in [-0.2, -0.15) is 0 Å². The quantitative estimate of drug-likeness (QED) is 0.0559. The number of likely N-dealkylation sites (tertiary alicyclic amines) is 1. The molecule has 1 aromatic heterocycles. The van der Waals surface area contributed by atoms with Crippen LogP contribution in [0.5, 0.6) is 5.75 Å². The Balaban J connectivity index is 1.50. The molecule has 0 aliphatic carbocycles. The lowest BCUT2D eigenvalue weighted by Gasteiger charge is -2.39. The number of alkyl carbamates (subject to hydrolysis) is 1. The van der Waals surface area contributed by atoms with Crippen LogP contribution < -0.4 is 14.6 Å². The number of piperidine rings is 1. The number of para-hydroxylation sites is 1. The minimum absolute atomic E-state index is 0.0194. The summed E-state index contributed by atoms with van der Waals surface area (Å²) in [4.78, 5) is 56.4. The summed E-state index contributed by atoms with van der Waals surface area (Å²) in [5.41, 5.74) is 0.920. The maximum Gasteiger partial charge on any atom is 0.417 e. The van der Waals surface area contributed by atoms with Gasteiger partial charge in [-0.3, -0.25) is 9.69 Å². The van der Waals surface area contributed by atoms with Crippen LogP contribution in [0.1, 0.15) is 153 Å². The predicted molar refractivity (Wildman–Crippen MR) is 227 cm³/mol. The average molecular weight is 826 g/mol. The molecule has 2 aromatic rings. The highest BCUT2D eigenvalue weighted by molar-refractivity contribution is 6.04. The van der Waals surface area contributed by atoms with Gasteiger partial charge in [-0.05, 0) is 51.7 Å². The molecular weight excluding hydrogens is 753 g/mol. The molecule has 1 N–H and O–H groups in total. The first kappa shape index (κ1) is 49.0. The smallest absolute Gasteiger partial charge is 0.417 e. The highest BCUT2D eigenvalue weighted by Crippen LogP contribution is 2.24. The monoisotopic (exact) mass is 826 g/mol. The van der Waals surface area contributed by atoms with Crippen LogP contribution in [-0.2, 0) is 32.0 Å². The van der Waals surface area contributed by atoms with E-state index in [0.717, 1.165) is 42.7 Å². The molecule has 4 amide bonds. The molecule has 3 rings (SSSR count). The van der Waals surface area contributed by atoms with Gasteiger partial charge in [0.25, 0.3) is 5.91 Å². The summed E-state index contributed by atoms with van der Waals surface area (Å²) in [6.07, 6.45) is 16.6. The van der Waals surface area contributed by atoms with E-state index in [0.29, 0.717) is 31.7 Å². The van der Waals surface area contributed by atoms with Gasteiger partial charge >= 0.3 is 18.3 Å². The Morgan fingerprint density at radius 3 is 2.15 bits per heavy atom. The number of nitrogens with zero attached hydrogens (tertiary/aromatic N) is 3. The summed E-state index contributed by atoms with van der Waals surface area (Å²) in [7, 11) is 2.92. The first-order chi connectivity index (χ1) is 28.7. The number of aromatic nitrogens is 1. The first-order valence-corrected chi connectivity index (χ1v) is 22.2. The molecule has 2 heterocycles. The van der Waals surface area contributed by atoms with Gasteiger partial charge in [0.1, 0.15) is 37.7 Å². The van der Waals surface area contributed by atoms with Crippen LogP contribution >= 0.6 is 0 Å². The molecule has 0 radical (unpaired) electrons. The molecule has 4 atom stereocenters. The Morgan fingerprint density at radius 2 is 1.51 bits per heavy atom. The normalized spacial score (nSPS) is 16.1. The number of carbonyl (C=O) groups excluding carboxylic acids is 4. The van der Waals surface area contributed by atoms with Crippen LogP contribution in [0.15, 0.2) is 48.7 Å². The van der Waals surface area contributed by atoms with Crippen molar-refractivity contribution in [1.29, 1.82) is 0 Å². The van der Waals surface area contributed by atoms with E-state index in [1.807, 2.05) is 35.9 Å². The maximum absolute atomic E-state index is 13.8. The van der Waals surface area contributed by atoms with Gasteiger partial charge in [-0.1, -0.05) is 116 Å². The van der Waals surface area contributed by atoms with Crippen LogP contribution in [0.2, 0.25) is 0 Å². The van der Waals surface area contributed by atoms with E-state index >= 15 is 0 Å². The number of nitrogens with one attached hydrogen (secondary N) is 1. The molecule has 13 nitrogen and oxygen atoms in total. The first-order valence-electron chi connectivity index (χ1n) is 22.2. The van der Waals surface area contributed by atoms with Crippen molar-refractivity contribution in [3.8, 4) is 5.75 Å². The Kier molecular flexibility index (Phi) is 23.4. The second kappa shape index (κ2) is 28.1. The fraction of sp³-hybridized carbons (Fsp3) is 0.674. The molecular formula is C46H73N4O9+. The van der Waals surface area contributed by atoms with Gasteiger partial charge in [-0.25, -0.2) is 23.9 Å².